The van der Waals surface area contributed by atoms with Crippen LogP contribution in [0, 0.1) is 12.8 Å². The van der Waals surface area contributed by atoms with Crippen molar-refractivity contribution in [2.75, 3.05) is 6.61 Å². The van der Waals surface area contributed by atoms with Crippen molar-refractivity contribution in [1.82, 2.24) is 10.5 Å². The number of pyridine rings is 1. The van der Waals surface area contributed by atoms with Crippen LogP contribution in [0.2, 0.25) is 0 Å². The summed E-state index contributed by atoms with van der Waals surface area (Å²) < 4.78 is 6.06. The van der Waals surface area contributed by atoms with Crippen molar-refractivity contribution in [1.29, 1.82) is 0 Å². The van der Waals surface area contributed by atoms with Crippen molar-refractivity contribution in [3.63, 3.8) is 0 Å². The summed E-state index contributed by atoms with van der Waals surface area (Å²) in [5.41, 5.74) is 3.94. The Hall–Kier alpha value is -1.62. The molecule has 2 N–H and O–H groups in total. The van der Waals surface area contributed by atoms with Crippen LogP contribution in [0.5, 0.6) is 5.88 Å². The van der Waals surface area contributed by atoms with E-state index in [-0.39, 0.29) is 6.04 Å². The van der Waals surface area contributed by atoms with Gasteiger partial charge >= 0.3 is 0 Å². The Labute approximate surface area is 144 Å². The average molecular weight is 331 g/mol. The molecule has 0 unspecified atom stereocenters. The third-order valence-corrected chi connectivity index (χ3v) is 5.18. The Kier molecular flexibility index (Phi) is 6.07. The summed E-state index contributed by atoms with van der Waals surface area (Å²) in [6.07, 6.45) is 11.0. The fourth-order valence-electron chi connectivity index (χ4n) is 3.75. The van der Waals surface area contributed by atoms with E-state index >= 15 is 0 Å². The standard InChI is InChI=1S/C19H29N3O2/c1-14-11-12-17(18(22-23)21-16-9-5-6-10-16)19(20-14)24-13-15-7-3-2-4-8-15/h11-12,15-16,23H,2-10,13H2,1H3,(H,21,22). The summed E-state index contributed by atoms with van der Waals surface area (Å²) in [7, 11) is 0. The molecule has 0 radical (unpaired) electrons. The van der Waals surface area contributed by atoms with Crippen LogP contribution in [-0.2, 0) is 0 Å². The number of aliphatic imine (C=N–C) groups is 1. The number of hydrogen-bond acceptors (Lipinski definition) is 4. The maximum atomic E-state index is 9.59. The molecule has 0 aliphatic heterocycles. The van der Waals surface area contributed by atoms with Gasteiger partial charge in [0.25, 0.3) is 0 Å². The number of amidine groups is 1. The zero-order valence-electron chi connectivity index (χ0n) is 14.6. The minimum Gasteiger partial charge on any atom is -0.477 e. The second-order valence-electron chi connectivity index (χ2n) is 7.15. The summed E-state index contributed by atoms with van der Waals surface area (Å²) in [5.74, 6) is 1.68. The first-order valence-electron chi connectivity index (χ1n) is 9.35. The molecule has 0 aromatic carbocycles. The van der Waals surface area contributed by atoms with E-state index in [1.54, 1.807) is 0 Å². The van der Waals surface area contributed by atoms with E-state index in [4.69, 9.17) is 4.74 Å². The molecule has 132 valence electrons. The van der Waals surface area contributed by atoms with E-state index in [0.717, 1.165) is 24.1 Å². The minimum absolute atomic E-state index is 0.284. The summed E-state index contributed by atoms with van der Waals surface area (Å²) in [5, 5.41) is 9.59. The van der Waals surface area contributed by atoms with E-state index in [0.29, 0.717) is 24.2 Å². The molecule has 2 aliphatic rings. The van der Waals surface area contributed by atoms with Gasteiger partial charge in [-0.1, -0.05) is 32.1 Å². The topological polar surface area (TPSA) is 66.7 Å². The summed E-state index contributed by atoms with van der Waals surface area (Å²) in [6.45, 7) is 2.66. The van der Waals surface area contributed by atoms with E-state index in [1.165, 1.54) is 44.9 Å². The lowest BCUT2D eigenvalue weighted by atomic mass is 9.90. The van der Waals surface area contributed by atoms with Crippen molar-refractivity contribution < 1.29 is 9.94 Å². The highest BCUT2D eigenvalue weighted by Gasteiger charge is 2.20. The van der Waals surface area contributed by atoms with Gasteiger partial charge in [-0.05, 0) is 50.7 Å². The number of hydroxylamine groups is 1. The second kappa shape index (κ2) is 8.47. The number of aryl methyl sites for hydroxylation is 1. The smallest absolute Gasteiger partial charge is 0.224 e. The molecule has 2 saturated carbocycles. The van der Waals surface area contributed by atoms with Gasteiger partial charge in [-0.15, -0.1) is 0 Å². The van der Waals surface area contributed by atoms with Crippen molar-refractivity contribution in [2.24, 2.45) is 10.9 Å². The number of hydrogen-bond donors (Lipinski definition) is 2. The van der Waals surface area contributed by atoms with Crippen LogP contribution in [-0.4, -0.2) is 28.7 Å². The van der Waals surface area contributed by atoms with E-state index in [1.807, 2.05) is 19.1 Å². The van der Waals surface area contributed by atoms with Gasteiger partial charge in [-0.2, -0.15) is 0 Å². The van der Waals surface area contributed by atoms with Crippen LogP contribution in [0.15, 0.2) is 17.1 Å². The van der Waals surface area contributed by atoms with Crippen molar-refractivity contribution in [3.05, 3.63) is 23.4 Å². The molecule has 1 aromatic heterocycles. The molecule has 5 nitrogen and oxygen atoms in total. The van der Waals surface area contributed by atoms with Gasteiger partial charge in [0.05, 0.1) is 18.2 Å². The highest BCUT2D eigenvalue weighted by Crippen LogP contribution is 2.26. The fraction of sp³-hybridized carbons (Fsp3) is 0.684. The third-order valence-electron chi connectivity index (χ3n) is 5.18. The van der Waals surface area contributed by atoms with Crippen molar-refractivity contribution in [2.45, 2.75) is 70.8 Å². The number of rotatable bonds is 5. The zero-order chi connectivity index (χ0) is 16.8. The zero-order valence-corrected chi connectivity index (χ0v) is 14.6. The molecule has 0 spiro atoms. The Morgan fingerprint density at radius 1 is 1.17 bits per heavy atom. The number of nitrogens with one attached hydrogen (secondary N) is 1. The monoisotopic (exact) mass is 331 g/mol. The summed E-state index contributed by atoms with van der Waals surface area (Å²) in [4.78, 5) is 9.23. The number of ether oxygens (including phenoxy) is 1. The molecule has 2 aliphatic carbocycles. The molecule has 1 aromatic rings. The van der Waals surface area contributed by atoms with Crippen LogP contribution >= 0.6 is 0 Å². The molecule has 1 heterocycles. The predicted octanol–water partition coefficient (Wildman–Crippen LogP) is 4.02. The molecule has 5 heteroatoms. The Morgan fingerprint density at radius 2 is 1.88 bits per heavy atom. The summed E-state index contributed by atoms with van der Waals surface area (Å²) >= 11 is 0. The highest BCUT2D eigenvalue weighted by molar-refractivity contribution is 6.00. The highest BCUT2D eigenvalue weighted by atomic mass is 16.5. The van der Waals surface area contributed by atoms with Crippen LogP contribution in [0.25, 0.3) is 0 Å². The molecule has 0 amide bonds. The minimum atomic E-state index is 0.284. The van der Waals surface area contributed by atoms with Gasteiger partial charge in [-0.3, -0.25) is 15.7 Å². The van der Waals surface area contributed by atoms with Gasteiger partial charge in [0.15, 0.2) is 5.84 Å². The normalized spacial score (nSPS) is 20.3. The van der Waals surface area contributed by atoms with Gasteiger partial charge in [-0.25, -0.2) is 4.98 Å². The van der Waals surface area contributed by atoms with E-state index in [9.17, 15) is 5.21 Å². The maximum Gasteiger partial charge on any atom is 0.224 e. The Balaban J connectivity index is 1.75. The fourth-order valence-corrected chi connectivity index (χ4v) is 3.75. The van der Waals surface area contributed by atoms with E-state index < -0.39 is 0 Å². The molecular weight excluding hydrogens is 302 g/mol. The predicted molar refractivity (Wildman–Crippen MR) is 94.8 cm³/mol. The second-order valence-corrected chi connectivity index (χ2v) is 7.15. The first kappa shape index (κ1) is 17.2. The van der Waals surface area contributed by atoms with Crippen LogP contribution in [0.4, 0.5) is 0 Å². The van der Waals surface area contributed by atoms with Gasteiger partial charge in [0.2, 0.25) is 5.88 Å². The molecule has 0 atom stereocenters. The maximum absolute atomic E-state index is 9.59. The SMILES string of the molecule is Cc1ccc(C(=NC2CCCC2)NO)c(OCC2CCCCC2)n1. The number of aromatic nitrogens is 1. The average Bonchev–Trinajstić information content (AvgIpc) is 3.12. The lowest BCUT2D eigenvalue weighted by molar-refractivity contribution is 0.201. The lowest BCUT2D eigenvalue weighted by Gasteiger charge is -2.22. The van der Waals surface area contributed by atoms with Crippen molar-refractivity contribution >= 4 is 5.84 Å². The third kappa shape index (κ3) is 4.47. The lowest BCUT2D eigenvalue weighted by Crippen LogP contribution is -2.25. The molecule has 0 saturated heterocycles. The van der Waals surface area contributed by atoms with Gasteiger partial charge in [0, 0.05) is 5.69 Å². The first-order valence-corrected chi connectivity index (χ1v) is 9.35. The van der Waals surface area contributed by atoms with E-state index in [2.05, 4.69) is 15.5 Å². The van der Waals surface area contributed by atoms with Crippen molar-refractivity contribution in [3.8, 4) is 5.88 Å². The van der Waals surface area contributed by atoms with Gasteiger partial charge in [0.1, 0.15) is 0 Å². The molecule has 2 fully saturated rings. The molecule has 24 heavy (non-hydrogen) atoms. The molecule has 3 rings (SSSR count). The molecular formula is C19H29N3O2. The largest absolute Gasteiger partial charge is 0.477 e. The first-order chi connectivity index (χ1) is 11.8. The Bertz CT molecular complexity index is 562. The number of nitrogens with zero attached hydrogens (tertiary/aromatic N) is 2. The van der Waals surface area contributed by atoms with Crippen LogP contribution in [0.1, 0.15) is 69.0 Å². The summed E-state index contributed by atoms with van der Waals surface area (Å²) in [6, 6.07) is 4.16. The quantitative estimate of drug-likeness (QED) is 0.486. The van der Waals surface area contributed by atoms with Crippen LogP contribution < -0.4 is 10.2 Å². The van der Waals surface area contributed by atoms with Gasteiger partial charge < -0.3 is 4.74 Å². The molecule has 0 bridgehead atoms. The van der Waals surface area contributed by atoms with Crippen LogP contribution in [0.3, 0.4) is 0 Å². The Morgan fingerprint density at radius 3 is 2.58 bits per heavy atom.